The molecule has 10 nitrogen and oxygen atoms in total. The summed E-state index contributed by atoms with van der Waals surface area (Å²) in [6.07, 6.45) is 0.801. The molecule has 0 atom stereocenters. The first kappa shape index (κ1) is 28.3. The Balaban J connectivity index is 2.13. The molecule has 194 valence electrons. The van der Waals surface area contributed by atoms with Crippen molar-refractivity contribution in [1.82, 2.24) is 5.32 Å². The number of carbonyl (C=O) groups excluding carboxylic acids is 4. The molecule has 0 unspecified atom stereocenters. The second kappa shape index (κ2) is 13.2. The maximum atomic E-state index is 13.0. The van der Waals surface area contributed by atoms with E-state index in [2.05, 4.69) is 5.32 Å². The van der Waals surface area contributed by atoms with Gasteiger partial charge in [-0.15, -0.1) is 0 Å². The third-order valence-corrected chi connectivity index (χ3v) is 5.61. The summed E-state index contributed by atoms with van der Waals surface area (Å²) in [4.78, 5) is 51.0. The van der Waals surface area contributed by atoms with Gasteiger partial charge < -0.3 is 29.0 Å². The molecule has 1 fully saturated rings. The zero-order valence-corrected chi connectivity index (χ0v) is 20.8. The third-order valence-electron chi connectivity index (χ3n) is 5.61. The summed E-state index contributed by atoms with van der Waals surface area (Å²) >= 11 is 0. The summed E-state index contributed by atoms with van der Waals surface area (Å²) in [7, 11) is 0. The monoisotopic (exact) mass is 493 g/mol. The lowest BCUT2D eigenvalue weighted by Crippen LogP contribution is -2.61. The van der Waals surface area contributed by atoms with Gasteiger partial charge in [-0.2, -0.15) is 0 Å². The van der Waals surface area contributed by atoms with Gasteiger partial charge in [0.2, 0.25) is 5.54 Å². The van der Waals surface area contributed by atoms with Crippen molar-refractivity contribution < 1.29 is 42.9 Å². The maximum Gasteiger partial charge on any atom is 0.366 e. The fourth-order valence-electron chi connectivity index (χ4n) is 3.66. The number of rotatable bonds is 12. The molecule has 10 heteroatoms. The number of ether oxygens (including phenoxy) is 5. The van der Waals surface area contributed by atoms with E-state index in [1.807, 2.05) is 0 Å². The van der Waals surface area contributed by atoms with Crippen LogP contribution in [0.3, 0.4) is 0 Å². The van der Waals surface area contributed by atoms with E-state index in [-0.39, 0.29) is 50.9 Å². The van der Waals surface area contributed by atoms with Crippen LogP contribution in [0.1, 0.15) is 57.3 Å². The predicted octanol–water partition coefficient (Wildman–Crippen LogP) is 2.39. The van der Waals surface area contributed by atoms with Crippen molar-refractivity contribution in [2.75, 3.05) is 33.0 Å². The molecule has 1 amide bonds. The number of nitrogens with one attached hydrogen (secondary N) is 1. The number of carbonyl (C=O) groups is 4. The van der Waals surface area contributed by atoms with Gasteiger partial charge in [0.15, 0.2) is 0 Å². The van der Waals surface area contributed by atoms with Gasteiger partial charge in [0.1, 0.15) is 0 Å². The standard InChI is InChI=1S/C25H35NO9/c1-5-31-21(28)24(4)34-16-18(17-35-24)12-11-15-25(22(29)32-6-2,23(30)33-7-3)26-20(27)19-13-9-8-10-14-19/h8-10,13-14,18H,5-7,11-12,15-17H2,1-4H3,(H,26,27). The van der Waals surface area contributed by atoms with Crippen LogP contribution in [0.5, 0.6) is 0 Å². The summed E-state index contributed by atoms with van der Waals surface area (Å²) < 4.78 is 26.6. The second-order valence-corrected chi connectivity index (χ2v) is 8.21. The number of hydrogen-bond acceptors (Lipinski definition) is 9. The van der Waals surface area contributed by atoms with Crippen LogP contribution in [-0.2, 0) is 38.1 Å². The minimum atomic E-state index is -2.01. The van der Waals surface area contributed by atoms with Crippen LogP contribution >= 0.6 is 0 Å². The van der Waals surface area contributed by atoms with E-state index in [1.165, 1.54) is 6.92 Å². The van der Waals surface area contributed by atoms with Crippen LogP contribution in [0.2, 0.25) is 0 Å². The summed E-state index contributed by atoms with van der Waals surface area (Å²) in [5, 5.41) is 2.58. The highest BCUT2D eigenvalue weighted by Gasteiger charge is 2.50. The average molecular weight is 494 g/mol. The van der Waals surface area contributed by atoms with E-state index in [1.54, 1.807) is 51.1 Å². The first-order chi connectivity index (χ1) is 16.7. The van der Waals surface area contributed by atoms with Crippen molar-refractivity contribution in [2.45, 2.75) is 58.3 Å². The molecular weight excluding hydrogens is 458 g/mol. The van der Waals surface area contributed by atoms with Crippen molar-refractivity contribution in [3.63, 3.8) is 0 Å². The molecule has 1 aliphatic rings. The highest BCUT2D eigenvalue weighted by molar-refractivity contribution is 6.10. The van der Waals surface area contributed by atoms with Crippen molar-refractivity contribution in [3.8, 4) is 0 Å². The van der Waals surface area contributed by atoms with Gasteiger partial charge >= 0.3 is 17.9 Å². The molecule has 0 aromatic heterocycles. The fraction of sp³-hybridized carbons (Fsp3) is 0.600. The van der Waals surface area contributed by atoms with Gasteiger partial charge in [0.05, 0.1) is 33.0 Å². The Morgan fingerprint density at radius 1 is 0.943 bits per heavy atom. The zero-order valence-electron chi connectivity index (χ0n) is 20.8. The van der Waals surface area contributed by atoms with Crippen molar-refractivity contribution in [3.05, 3.63) is 35.9 Å². The van der Waals surface area contributed by atoms with E-state index < -0.39 is 35.1 Å². The van der Waals surface area contributed by atoms with Crippen molar-refractivity contribution in [2.24, 2.45) is 5.92 Å². The largest absolute Gasteiger partial charge is 0.464 e. The first-order valence-electron chi connectivity index (χ1n) is 11.9. The molecule has 1 N–H and O–H groups in total. The van der Waals surface area contributed by atoms with E-state index >= 15 is 0 Å². The molecule has 0 spiro atoms. The number of amides is 1. The Labute approximate surface area is 205 Å². The predicted molar refractivity (Wildman–Crippen MR) is 124 cm³/mol. The summed E-state index contributed by atoms with van der Waals surface area (Å²) in [5.41, 5.74) is -1.72. The molecule has 0 aliphatic carbocycles. The molecule has 0 bridgehead atoms. The Bertz CT molecular complexity index is 845. The number of benzene rings is 1. The quantitative estimate of drug-likeness (QED) is 0.265. The second-order valence-electron chi connectivity index (χ2n) is 8.21. The van der Waals surface area contributed by atoms with E-state index in [0.717, 1.165) is 0 Å². The Kier molecular flexibility index (Phi) is 10.7. The van der Waals surface area contributed by atoms with Crippen LogP contribution < -0.4 is 5.32 Å². The lowest BCUT2D eigenvalue weighted by molar-refractivity contribution is -0.274. The molecule has 1 heterocycles. The number of esters is 3. The van der Waals surface area contributed by atoms with Gasteiger partial charge in [-0.3, -0.25) is 4.79 Å². The molecule has 0 saturated carbocycles. The highest BCUT2D eigenvalue weighted by atomic mass is 16.7. The normalized spacial score (nSPS) is 19.9. The lowest BCUT2D eigenvalue weighted by Gasteiger charge is -2.36. The van der Waals surface area contributed by atoms with Crippen LogP contribution in [0.4, 0.5) is 0 Å². The van der Waals surface area contributed by atoms with E-state index in [9.17, 15) is 19.2 Å². The molecule has 2 rings (SSSR count). The summed E-state index contributed by atoms with van der Waals surface area (Å²) in [5.74, 6) is -4.51. The summed E-state index contributed by atoms with van der Waals surface area (Å²) in [6.45, 7) is 7.16. The van der Waals surface area contributed by atoms with Gasteiger partial charge in [-0.05, 0) is 52.2 Å². The Hall–Kier alpha value is -2.98. The van der Waals surface area contributed by atoms with Crippen LogP contribution in [0.15, 0.2) is 30.3 Å². The van der Waals surface area contributed by atoms with Crippen LogP contribution in [0, 0.1) is 5.92 Å². The Morgan fingerprint density at radius 2 is 1.49 bits per heavy atom. The fourth-order valence-corrected chi connectivity index (χ4v) is 3.66. The Morgan fingerprint density at radius 3 is 2.00 bits per heavy atom. The topological polar surface area (TPSA) is 126 Å². The highest BCUT2D eigenvalue weighted by Crippen LogP contribution is 2.28. The molecule has 0 radical (unpaired) electrons. The SMILES string of the molecule is CCOC(=O)C1(C)OCC(CCCC(NC(=O)c2ccccc2)(C(=O)OCC)C(=O)OCC)CO1. The molecule has 35 heavy (non-hydrogen) atoms. The van der Waals surface area contributed by atoms with Crippen molar-refractivity contribution >= 4 is 23.8 Å². The molecular formula is C25H35NO9. The van der Waals surface area contributed by atoms with Crippen LogP contribution in [0.25, 0.3) is 0 Å². The minimum Gasteiger partial charge on any atom is -0.464 e. The third kappa shape index (κ3) is 7.25. The van der Waals surface area contributed by atoms with E-state index in [4.69, 9.17) is 23.7 Å². The van der Waals surface area contributed by atoms with E-state index in [0.29, 0.717) is 12.8 Å². The molecule has 1 aliphatic heterocycles. The maximum absolute atomic E-state index is 13.0. The summed E-state index contributed by atoms with van der Waals surface area (Å²) in [6, 6.07) is 8.26. The van der Waals surface area contributed by atoms with Gasteiger partial charge in [0.25, 0.3) is 11.7 Å². The van der Waals surface area contributed by atoms with Gasteiger partial charge in [0, 0.05) is 18.4 Å². The first-order valence-corrected chi connectivity index (χ1v) is 11.9. The zero-order chi connectivity index (χ0) is 25.9. The van der Waals surface area contributed by atoms with Gasteiger partial charge in [-0.1, -0.05) is 18.2 Å². The van der Waals surface area contributed by atoms with Crippen molar-refractivity contribution in [1.29, 1.82) is 0 Å². The lowest BCUT2D eigenvalue weighted by atomic mass is 9.89. The minimum absolute atomic E-state index is 0.0257. The average Bonchev–Trinajstić information content (AvgIpc) is 2.85. The smallest absolute Gasteiger partial charge is 0.366 e. The molecule has 1 aromatic rings. The molecule has 1 aromatic carbocycles. The van der Waals surface area contributed by atoms with Crippen LogP contribution in [-0.4, -0.2) is 68.2 Å². The number of hydrogen-bond donors (Lipinski definition) is 1. The molecule has 1 saturated heterocycles. The van der Waals surface area contributed by atoms with Gasteiger partial charge in [-0.25, -0.2) is 14.4 Å².